The quantitative estimate of drug-likeness (QED) is 0.450. The monoisotopic (exact) mass is 311 g/mol. The number of urea groups is 1. The second-order valence-electron chi connectivity index (χ2n) is 3.68. The molecule has 0 aromatic rings. The second-order valence-corrected chi connectivity index (χ2v) is 6.62. The Labute approximate surface area is 116 Å². The number of nitrogens with two attached hydrogens (primary N) is 1. The first-order valence-corrected chi connectivity index (χ1v) is 8.12. The predicted molar refractivity (Wildman–Crippen MR) is 72.4 cm³/mol. The number of nitrogens with one attached hydrogen (secondary N) is 1. The van der Waals surface area contributed by atoms with Crippen LogP contribution in [0.4, 0.5) is 4.79 Å². The molecule has 1 aliphatic heterocycles. The van der Waals surface area contributed by atoms with E-state index in [2.05, 4.69) is 21.6 Å². The fraction of sp³-hybridized carbons (Fsp3) is 0.667. The van der Waals surface area contributed by atoms with Gasteiger partial charge in [0.25, 0.3) is 0 Å². The molecule has 3 atom stereocenters. The summed E-state index contributed by atoms with van der Waals surface area (Å²) in [7, 11) is 1.27. The van der Waals surface area contributed by atoms with Gasteiger partial charge in [0.15, 0.2) is 0 Å². The lowest BCUT2D eigenvalue weighted by Crippen LogP contribution is -2.52. The highest BCUT2D eigenvalue weighted by Gasteiger charge is 2.23. The summed E-state index contributed by atoms with van der Waals surface area (Å²) < 4.78 is 14.9. The van der Waals surface area contributed by atoms with Gasteiger partial charge in [-0.25, -0.2) is 4.79 Å². The lowest BCUT2D eigenvalue weighted by atomic mass is 10.4. The summed E-state index contributed by atoms with van der Waals surface area (Å²) in [4.78, 5) is 22.3. The summed E-state index contributed by atoms with van der Waals surface area (Å²) in [5.74, 6) is 0. The molecule has 0 radical (unpaired) electrons. The highest BCUT2D eigenvalue weighted by atomic mass is 32.5. The second kappa shape index (κ2) is 7.30. The number of hydrogen-bond donors (Lipinski definition) is 3. The van der Waals surface area contributed by atoms with Gasteiger partial charge in [-0.3, -0.25) is 4.90 Å². The van der Waals surface area contributed by atoms with Crippen molar-refractivity contribution >= 4 is 24.6 Å². The van der Waals surface area contributed by atoms with Crippen molar-refractivity contribution in [3.8, 4) is 0 Å². The standard InChI is InChI=1S/C9H18N3O5PS/c1-7(12-4-3-8(10)11-9(12)13)16-5-6-17-18(14,19)15-2/h3-4,7-8H,5-6,10H2,1-2H3,(H,11,13)(H,14,19)/t7-,8?,18?/m1/s1. The first-order valence-electron chi connectivity index (χ1n) is 5.53. The van der Waals surface area contributed by atoms with Crippen LogP contribution in [0.1, 0.15) is 6.92 Å². The molecule has 19 heavy (non-hydrogen) atoms. The summed E-state index contributed by atoms with van der Waals surface area (Å²) >= 11 is 4.65. The maximum absolute atomic E-state index is 11.6. The molecule has 0 saturated heterocycles. The minimum Gasteiger partial charge on any atom is -0.356 e. The molecule has 0 aliphatic carbocycles. The van der Waals surface area contributed by atoms with Gasteiger partial charge < -0.3 is 29.7 Å². The van der Waals surface area contributed by atoms with Gasteiger partial charge in [0.2, 0.25) is 0 Å². The summed E-state index contributed by atoms with van der Waals surface area (Å²) in [6.45, 7) is -1.22. The zero-order valence-corrected chi connectivity index (χ0v) is 12.4. The molecular formula is C9H18N3O5PS. The number of nitrogens with zero attached hydrogens (tertiary/aromatic N) is 1. The van der Waals surface area contributed by atoms with Crippen LogP contribution in [0.2, 0.25) is 0 Å². The van der Waals surface area contributed by atoms with Crippen molar-refractivity contribution < 1.29 is 23.5 Å². The van der Waals surface area contributed by atoms with Crippen molar-refractivity contribution in [2.24, 2.45) is 5.73 Å². The van der Waals surface area contributed by atoms with E-state index in [0.717, 1.165) is 0 Å². The third-order valence-corrected chi connectivity index (χ3v) is 4.03. The molecule has 0 bridgehead atoms. The van der Waals surface area contributed by atoms with Crippen LogP contribution in [0.3, 0.4) is 0 Å². The fourth-order valence-corrected chi connectivity index (χ4v) is 1.94. The third kappa shape index (κ3) is 5.53. The SMILES string of the molecule is COP(O)(=S)OCCO[C@H](C)N1C=CC(N)NC1=O. The van der Waals surface area contributed by atoms with Gasteiger partial charge in [-0.1, -0.05) is 0 Å². The zero-order chi connectivity index (χ0) is 14.5. The molecule has 110 valence electrons. The molecule has 4 N–H and O–H groups in total. The fourth-order valence-electron chi connectivity index (χ4n) is 1.31. The topological polar surface area (TPSA) is 106 Å². The Morgan fingerprint density at radius 3 is 2.95 bits per heavy atom. The van der Waals surface area contributed by atoms with Crippen molar-refractivity contribution in [2.75, 3.05) is 20.3 Å². The average molecular weight is 311 g/mol. The Hall–Kier alpha value is -0.540. The van der Waals surface area contributed by atoms with Crippen LogP contribution in [0.15, 0.2) is 12.3 Å². The number of amides is 2. The van der Waals surface area contributed by atoms with Crippen LogP contribution in [0.25, 0.3) is 0 Å². The van der Waals surface area contributed by atoms with Gasteiger partial charge in [0.05, 0.1) is 19.4 Å². The van der Waals surface area contributed by atoms with E-state index in [-0.39, 0.29) is 19.2 Å². The molecule has 0 fully saturated rings. The van der Waals surface area contributed by atoms with Crippen molar-refractivity contribution in [2.45, 2.75) is 19.3 Å². The van der Waals surface area contributed by atoms with Crippen molar-refractivity contribution in [3.63, 3.8) is 0 Å². The third-order valence-electron chi connectivity index (χ3n) is 2.30. The van der Waals surface area contributed by atoms with Crippen LogP contribution < -0.4 is 11.1 Å². The van der Waals surface area contributed by atoms with Crippen LogP contribution >= 0.6 is 6.72 Å². The molecule has 0 aromatic heterocycles. The Morgan fingerprint density at radius 1 is 1.68 bits per heavy atom. The highest BCUT2D eigenvalue weighted by molar-refractivity contribution is 8.07. The number of rotatable bonds is 7. The first-order chi connectivity index (χ1) is 8.85. The van der Waals surface area contributed by atoms with E-state index in [1.807, 2.05) is 0 Å². The Kier molecular flexibility index (Phi) is 6.34. The molecule has 0 aromatic carbocycles. The van der Waals surface area contributed by atoms with Crippen molar-refractivity contribution in [3.05, 3.63) is 12.3 Å². The minimum absolute atomic E-state index is 0.0741. The molecule has 1 heterocycles. The van der Waals surface area contributed by atoms with E-state index in [0.29, 0.717) is 0 Å². The Bertz CT molecular complexity index is 394. The molecule has 8 nitrogen and oxygen atoms in total. The average Bonchev–Trinajstić information content (AvgIpc) is 2.34. The van der Waals surface area contributed by atoms with Crippen molar-refractivity contribution in [1.82, 2.24) is 10.2 Å². The molecule has 2 amide bonds. The lowest BCUT2D eigenvalue weighted by Gasteiger charge is -2.30. The molecule has 1 aliphatic rings. The van der Waals surface area contributed by atoms with Gasteiger partial charge in [-0.15, -0.1) is 0 Å². The maximum Gasteiger partial charge on any atom is 0.324 e. The van der Waals surface area contributed by atoms with Crippen LogP contribution in [-0.2, 0) is 25.6 Å². The number of ether oxygens (including phenoxy) is 1. The zero-order valence-electron chi connectivity index (χ0n) is 10.7. The highest BCUT2D eigenvalue weighted by Crippen LogP contribution is 2.42. The maximum atomic E-state index is 11.6. The van der Waals surface area contributed by atoms with E-state index in [1.165, 1.54) is 12.0 Å². The Morgan fingerprint density at radius 2 is 2.37 bits per heavy atom. The largest absolute Gasteiger partial charge is 0.356 e. The van der Waals surface area contributed by atoms with E-state index >= 15 is 0 Å². The lowest BCUT2D eigenvalue weighted by molar-refractivity contribution is -0.0207. The van der Waals surface area contributed by atoms with Gasteiger partial charge in [0.1, 0.15) is 6.23 Å². The number of hydrogen-bond acceptors (Lipinski definition) is 6. The molecule has 2 unspecified atom stereocenters. The molecule has 1 rings (SSSR count). The summed E-state index contributed by atoms with van der Waals surface area (Å²) in [5, 5.41) is 2.53. The molecule has 0 spiro atoms. The van der Waals surface area contributed by atoms with E-state index in [4.69, 9.17) is 15.0 Å². The molecule has 10 heteroatoms. The predicted octanol–water partition coefficient (Wildman–Crippen LogP) is 0.0525. The smallest absolute Gasteiger partial charge is 0.324 e. The van der Waals surface area contributed by atoms with E-state index in [9.17, 15) is 9.69 Å². The van der Waals surface area contributed by atoms with E-state index in [1.54, 1.807) is 19.2 Å². The minimum atomic E-state index is -3.16. The van der Waals surface area contributed by atoms with E-state index < -0.39 is 19.1 Å². The normalized spacial score (nSPS) is 23.9. The summed E-state index contributed by atoms with van der Waals surface area (Å²) in [6.07, 6.45) is 2.21. The van der Waals surface area contributed by atoms with Crippen LogP contribution in [-0.4, -0.2) is 48.5 Å². The first kappa shape index (κ1) is 16.5. The van der Waals surface area contributed by atoms with Crippen molar-refractivity contribution in [1.29, 1.82) is 0 Å². The van der Waals surface area contributed by atoms with Gasteiger partial charge in [0, 0.05) is 13.3 Å². The van der Waals surface area contributed by atoms with Gasteiger partial charge >= 0.3 is 12.7 Å². The van der Waals surface area contributed by atoms with Crippen LogP contribution in [0.5, 0.6) is 0 Å². The van der Waals surface area contributed by atoms with Gasteiger partial charge in [-0.05, 0) is 24.8 Å². The van der Waals surface area contributed by atoms with Crippen LogP contribution in [0, 0.1) is 0 Å². The Balaban J connectivity index is 2.32. The summed E-state index contributed by atoms with van der Waals surface area (Å²) in [6, 6.07) is -0.340. The number of carbonyl (C=O) groups is 1. The summed E-state index contributed by atoms with van der Waals surface area (Å²) in [5.41, 5.74) is 5.52. The molecular weight excluding hydrogens is 293 g/mol. The van der Waals surface area contributed by atoms with Gasteiger partial charge in [-0.2, -0.15) is 0 Å². The molecule has 0 saturated carbocycles. The number of carbonyl (C=O) groups excluding carboxylic acids is 1.